The second-order valence-electron chi connectivity index (χ2n) is 6.07. The van der Waals surface area contributed by atoms with Crippen molar-refractivity contribution in [2.45, 2.75) is 46.4 Å². The zero-order valence-electron chi connectivity index (χ0n) is 14.5. The van der Waals surface area contributed by atoms with E-state index in [-0.39, 0.29) is 12.0 Å². The summed E-state index contributed by atoms with van der Waals surface area (Å²) in [5.41, 5.74) is 3.45. The molecule has 1 amide bonds. The first-order valence-corrected chi connectivity index (χ1v) is 8.21. The largest absolute Gasteiger partial charge is 0.496 e. The number of carbonyl (C=O) groups is 1. The van der Waals surface area contributed by atoms with Crippen LogP contribution in [0.25, 0.3) is 0 Å². The molecule has 1 aromatic heterocycles. The molecule has 1 atom stereocenters. The van der Waals surface area contributed by atoms with Gasteiger partial charge in [-0.2, -0.15) is 5.10 Å². The fourth-order valence-electron chi connectivity index (χ4n) is 3.05. The number of hydrogen-bond donors (Lipinski definition) is 1. The number of rotatable bonds is 5. The Kier molecular flexibility index (Phi) is 4.46. The molecule has 1 aliphatic heterocycles. The van der Waals surface area contributed by atoms with Crippen LogP contribution in [-0.4, -0.2) is 28.9 Å². The van der Waals surface area contributed by atoms with Gasteiger partial charge in [0.25, 0.3) is 5.91 Å². The van der Waals surface area contributed by atoms with E-state index in [4.69, 9.17) is 9.47 Å². The van der Waals surface area contributed by atoms with Gasteiger partial charge in [-0.15, -0.1) is 0 Å². The fraction of sp³-hybridized carbons (Fsp3) is 0.444. The highest BCUT2D eigenvalue weighted by atomic mass is 16.5. The molecule has 1 unspecified atom stereocenters. The van der Waals surface area contributed by atoms with Crippen molar-refractivity contribution in [3.63, 3.8) is 0 Å². The number of benzene rings is 1. The van der Waals surface area contributed by atoms with E-state index in [9.17, 15) is 4.79 Å². The lowest BCUT2D eigenvalue weighted by atomic mass is 10.1. The third-order valence-electron chi connectivity index (χ3n) is 4.17. The van der Waals surface area contributed by atoms with Crippen molar-refractivity contribution in [1.82, 2.24) is 15.1 Å². The summed E-state index contributed by atoms with van der Waals surface area (Å²) in [5.74, 6) is 1.50. The predicted molar refractivity (Wildman–Crippen MR) is 90.6 cm³/mol. The molecule has 0 radical (unpaired) electrons. The smallest absolute Gasteiger partial charge is 0.269 e. The molecule has 1 N–H and O–H groups in total. The highest BCUT2D eigenvalue weighted by molar-refractivity contribution is 5.92. The van der Waals surface area contributed by atoms with E-state index >= 15 is 0 Å². The summed E-state index contributed by atoms with van der Waals surface area (Å²) in [7, 11) is 1.64. The van der Waals surface area contributed by atoms with Crippen molar-refractivity contribution in [2.75, 3.05) is 7.11 Å². The highest BCUT2D eigenvalue weighted by Crippen LogP contribution is 2.34. The average Bonchev–Trinajstić information content (AvgIpc) is 3.12. The van der Waals surface area contributed by atoms with Gasteiger partial charge in [-0.05, 0) is 39.0 Å². The maximum atomic E-state index is 12.5. The second kappa shape index (κ2) is 6.55. The van der Waals surface area contributed by atoms with Gasteiger partial charge in [0, 0.05) is 30.6 Å². The minimum absolute atomic E-state index is 0.144. The lowest BCUT2D eigenvalue weighted by molar-refractivity contribution is 0.0940. The van der Waals surface area contributed by atoms with Crippen molar-refractivity contribution in [2.24, 2.45) is 0 Å². The van der Waals surface area contributed by atoms with Gasteiger partial charge < -0.3 is 14.8 Å². The number of nitrogens with one attached hydrogen (secondary N) is 1. The number of aryl methyl sites for hydroxylation is 2. The standard InChI is InChI=1S/C18H23N3O3/c1-5-21-15(6-11(2)20-21)18(22)19-10-14-9-17-13(7-12(3)24-17)8-16(14)23-4/h6,8-9,12H,5,7,10H2,1-4H3,(H,19,22). The number of fused-ring (bicyclic) bond motifs is 1. The maximum absolute atomic E-state index is 12.5. The topological polar surface area (TPSA) is 65.4 Å². The van der Waals surface area contributed by atoms with E-state index < -0.39 is 0 Å². The van der Waals surface area contributed by atoms with E-state index in [0.717, 1.165) is 34.7 Å². The van der Waals surface area contributed by atoms with Gasteiger partial charge in [0.15, 0.2) is 0 Å². The van der Waals surface area contributed by atoms with Gasteiger partial charge >= 0.3 is 0 Å². The van der Waals surface area contributed by atoms with Crippen LogP contribution in [0.1, 0.15) is 41.2 Å². The minimum Gasteiger partial charge on any atom is -0.496 e. The van der Waals surface area contributed by atoms with Gasteiger partial charge in [0.1, 0.15) is 23.3 Å². The first-order valence-electron chi connectivity index (χ1n) is 8.21. The number of hydrogen-bond acceptors (Lipinski definition) is 4. The molecule has 1 aromatic carbocycles. The van der Waals surface area contributed by atoms with Crippen LogP contribution in [0.5, 0.6) is 11.5 Å². The van der Waals surface area contributed by atoms with Crippen LogP contribution in [0.3, 0.4) is 0 Å². The number of methoxy groups -OCH3 is 1. The molecule has 24 heavy (non-hydrogen) atoms. The van der Waals surface area contributed by atoms with Crippen LogP contribution < -0.4 is 14.8 Å². The van der Waals surface area contributed by atoms with Gasteiger partial charge in [-0.1, -0.05) is 0 Å². The molecule has 2 heterocycles. The quantitative estimate of drug-likeness (QED) is 0.915. The molecular weight excluding hydrogens is 306 g/mol. The van der Waals surface area contributed by atoms with Crippen LogP contribution in [0.4, 0.5) is 0 Å². The Morgan fingerprint density at radius 2 is 2.25 bits per heavy atom. The number of nitrogens with zero attached hydrogens (tertiary/aromatic N) is 2. The molecule has 6 nitrogen and oxygen atoms in total. The zero-order chi connectivity index (χ0) is 17.3. The summed E-state index contributed by atoms with van der Waals surface area (Å²) in [4.78, 5) is 12.5. The van der Waals surface area contributed by atoms with Crippen molar-refractivity contribution in [3.05, 3.63) is 40.7 Å². The number of carbonyl (C=O) groups excluding carboxylic acids is 1. The Bertz CT molecular complexity index is 767. The lowest BCUT2D eigenvalue weighted by Gasteiger charge is -2.12. The summed E-state index contributed by atoms with van der Waals surface area (Å²) in [5, 5.41) is 7.25. The van der Waals surface area contributed by atoms with Gasteiger partial charge in [0.05, 0.1) is 12.8 Å². The summed E-state index contributed by atoms with van der Waals surface area (Å²) in [6.07, 6.45) is 1.06. The fourth-order valence-corrected chi connectivity index (χ4v) is 3.05. The van der Waals surface area contributed by atoms with Crippen LogP contribution in [0.2, 0.25) is 0 Å². The van der Waals surface area contributed by atoms with Crippen LogP contribution in [-0.2, 0) is 19.5 Å². The second-order valence-corrected chi connectivity index (χ2v) is 6.07. The Morgan fingerprint density at radius 1 is 1.46 bits per heavy atom. The van der Waals surface area contributed by atoms with Crippen LogP contribution >= 0.6 is 0 Å². The predicted octanol–water partition coefficient (Wildman–Crippen LogP) is 2.47. The summed E-state index contributed by atoms with van der Waals surface area (Å²) in [6, 6.07) is 5.75. The van der Waals surface area contributed by atoms with E-state index in [1.54, 1.807) is 17.9 Å². The molecule has 128 valence electrons. The van der Waals surface area contributed by atoms with E-state index in [0.29, 0.717) is 18.8 Å². The minimum atomic E-state index is -0.144. The van der Waals surface area contributed by atoms with Gasteiger partial charge in [-0.3, -0.25) is 9.48 Å². The van der Waals surface area contributed by atoms with Crippen LogP contribution in [0.15, 0.2) is 18.2 Å². The summed E-state index contributed by atoms with van der Waals surface area (Å²) < 4.78 is 13.0. The molecule has 0 fully saturated rings. The molecular formula is C18H23N3O3. The molecule has 2 aromatic rings. The van der Waals surface area contributed by atoms with Gasteiger partial charge in [0.2, 0.25) is 0 Å². The number of aromatic nitrogens is 2. The molecule has 0 saturated heterocycles. The summed E-state index contributed by atoms with van der Waals surface area (Å²) >= 11 is 0. The molecule has 1 aliphatic rings. The SMILES string of the molecule is CCn1nc(C)cc1C(=O)NCc1cc2c(cc1OC)CC(C)O2. The van der Waals surface area contributed by atoms with E-state index in [1.807, 2.05) is 32.9 Å². The molecule has 0 spiro atoms. The van der Waals surface area contributed by atoms with Crippen LogP contribution in [0, 0.1) is 6.92 Å². The molecule has 0 bridgehead atoms. The normalized spacial score (nSPS) is 15.8. The highest BCUT2D eigenvalue weighted by Gasteiger charge is 2.22. The molecule has 6 heteroatoms. The van der Waals surface area contributed by atoms with Crippen molar-refractivity contribution >= 4 is 5.91 Å². The molecule has 0 saturated carbocycles. The third-order valence-corrected chi connectivity index (χ3v) is 4.17. The Labute approximate surface area is 141 Å². The summed E-state index contributed by atoms with van der Waals surface area (Å²) in [6.45, 7) is 6.92. The van der Waals surface area contributed by atoms with Crippen molar-refractivity contribution in [3.8, 4) is 11.5 Å². The molecule has 0 aliphatic carbocycles. The first-order chi connectivity index (χ1) is 11.5. The van der Waals surface area contributed by atoms with E-state index in [2.05, 4.69) is 10.4 Å². The molecule has 3 rings (SSSR count). The zero-order valence-corrected chi connectivity index (χ0v) is 14.5. The van der Waals surface area contributed by atoms with E-state index in [1.165, 1.54) is 0 Å². The van der Waals surface area contributed by atoms with Gasteiger partial charge in [-0.25, -0.2) is 0 Å². The Morgan fingerprint density at radius 3 is 2.96 bits per heavy atom. The Hall–Kier alpha value is -2.50. The van der Waals surface area contributed by atoms with Crippen molar-refractivity contribution in [1.29, 1.82) is 0 Å². The number of amides is 1. The monoisotopic (exact) mass is 329 g/mol. The van der Waals surface area contributed by atoms with Crippen molar-refractivity contribution < 1.29 is 14.3 Å². The Balaban J connectivity index is 1.77. The first kappa shape index (κ1) is 16.4. The number of ether oxygens (including phenoxy) is 2. The maximum Gasteiger partial charge on any atom is 0.269 e. The lowest BCUT2D eigenvalue weighted by Crippen LogP contribution is -2.25. The third kappa shape index (κ3) is 3.09. The average molecular weight is 329 g/mol.